The highest BCUT2D eigenvalue weighted by Crippen LogP contribution is 2.29. The molecule has 1 aliphatic carbocycles. The zero-order valence-electron chi connectivity index (χ0n) is 17.9. The molecule has 0 N–H and O–H groups in total. The fraction of sp³-hybridized carbons (Fsp3) is 0.500. The van der Waals surface area contributed by atoms with Crippen molar-refractivity contribution >= 4 is 18.0 Å². The minimum Gasteiger partial charge on any atom is -0.433 e. The Labute approximate surface area is 178 Å². The van der Waals surface area contributed by atoms with E-state index < -0.39 is 24.5 Å². The average molecular weight is 417 g/mol. The summed E-state index contributed by atoms with van der Waals surface area (Å²) >= 11 is 0. The van der Waals surface area contributed by atoms with Gasteiger partial charge in [-0.15, -0.1) is 0 Å². The Morgan fingerprint density at radius 1 is 0.933 bits per heavy atom. The van der Waals surface area contributed by atoms with E-state index in [4.69, 9.17) is 18.9 Å². The summed E-state index contributed by atoms with van der Waals surface area (Å²) in [7, 11) is 0. The van der Waals surface area contributed by atoms with Crippen molar-refractivity contribution in [3.63, 3.8) is 0 Å². The molecule has 1 aliphatic rings. The third-order valence-electron chi connectivity index (χ3n) is 5.20. The number of hydrogen-bond donors (Lipinski definition) is 0. The van der Waals surface area contributed by atoms with Gasteiger partial charge in [-0.05, 0) is 69.1 Å². The first-order valence-corrected chi connectivity index (χ1v) is 10.4. The first-order valence-electron chi connectivity index (χ1n) is 10.4. The van der Waals surface area contributed by atoms with Gasteiger partial charge in [-0.25, -0.2) is 9.59 Å². The molecule has 0 radical (unpaired) electrons. The summed E-state index contributed by atoms with van der Waals surface area (Å²) in [6.07, 6.45) is 5.79. The predicted octanol–water partition coefficient (Wildman–Crippen LogP) is 4.75. The molecule has 1 saturated carbocycles. The van der Waals surface area contributed by atoms with Crippen molar-refractivity contribution < 1.29 is 28.5 Å². The Balaban J connectivity index is 1.62. The van der Waals surface area contributed by atoms with Crippen LogP contribution in [0.2, 0.25) is 0 Å². The van der Waals surface area contributed by atoms with Crippen molar-refractivity contribution in [2.45, 2.75) is 52.1 Å². The van der Waals surface area contributed by atoms with Gasteiger partial charge >= 0.3 is 11.9 Å². The van der Waals surface area contributed by atoms with E-state index in [1.807, 2.05) is 12.1 Å². The van der Waals surface area contributed by atoms with Gasteiger partial charge in [0.15, 0.2) is 12.6 Å². The van der Waals surface area contributed by atoms with E-state index in [9.17, 15) is 9.59 Å². The van der Waals surface area contributed by atoms with Crippen LogP contribution in [0.15, 0.2) is 43.5 Å². The molecule has 164 valence electrons. The lowest BCUT2D eigenvalue weighted by Gasteiger charge is -2.29. The van der Waals surface area contributed by atoms with Crippen LogP contribution in [0.5, 0.6) is 0 Å². The van der Waals surface area contributed by atoms with Crippen LogP contribution in [0.25, 0.3) is 6.08 Å². The molecule has 6 nitrogen and oxygen atoms in total. The van der Waals surface area contributed by atoms with Crippen molar-refractivity contribution in [2.24, 2.45) is 11.8 Å². The standard InChI is InChI=1S/C24H32O6/c1-5-19-11-13-22(14-12-19)24(26)30-18(4)28-16-21-9-7-20(8-10-21)15-27-17(3)29-23(25)6-2/h5-6,11-14,17-18,20-21H,1-2,7-10,15-16H2,3-4H3. The van der Waals surface area contributed by atoms with Crippen LogP contribution in [-0.2, 0) is 23.7 Å². The number of hydrogen-bond acceptors (Lipinski definition) is 6. The minimum atomic E-state index is -0.599. The number of carbonyl (C=O) groups excluding carboxylic acids is 2. The molecule has 0 saturated heterocycles. The average Bonchev–Trinajstić information content (AvgIpc) is 2.76. The van der Waals surface area contributed by atoms with Crippen LogP contribution in [-0.4, -0.2) is 37.7 Å². The van der Waals surface area contributed by atoms with E-state index in [0.717, 1.165) is 37.3 Å². The number of esters is 2. The summed E-state index contributed by atoms with van der Waals surface area (Å²) in [4.78, 5) is 23.3. The summed E-state index contributed by atoms with van der Waals surface area (Å²) in [5.41, 5.74) is 1.44. The van der Waals surface area contributed by atoms with Gasteiger partial charge in [0.25, 0.3) is 0 Å². The van der Waals surface area contributed by atoms with Gasteiger partial charge in [-0.2, -0.15) is 0 Å². The molecule has 0 aromatic heterocycles. The smallest absolute Gasteiger partial charge is 0.340 e. The van der Waals surface area contributed by atoms with E-state index in [1.165, 1.54) is 0 Å². The van der Waals surface area contributed by atoms with Gasteiger partial charge in [0.05, 0.1) is 18.8 Å². The summed E-state index contributed by atoms with van der Waals surface area (Å²) in [5, 5.41) is 0. The van der Waals surface area contributed by atoms with Gasteiger partial charge in [-0.1, -0.05) is 31.4 Å². The molecule has 2 unspecified atom stereocenters. The Bertz CT molecular complexity index is 703. The van der Waals surface area contributed by atoms with Crippen molar-refractivity contribution in [1.82, 2.24) is 0 Å². The van der Waals surface area contributed by atoms with Gasteiger partial charge in [0, 0.05) is 6.08 Å². The first-order chi connectivity index (χ1) is 14.4. The van der Waals surface area contributed by atoms with Crippen molar-refractivity contribution in [3.05, 3.63) is 54.6 Å². The second-order valence-corrected chi connectivity index (χ2v) is 7.56. The molecule has 2 atom stereocenters. The molecule has 30 heavy (non-hydrogen) atoms. The van der Waals surface area contributed by atoms with Gasteiger partial charge < -0.3 is 18.9 Å². The highest BCUT2D eigenvalue weighted by atomic mass is 16.7. The van der Waals surface area contributed by atoms with E-state index >= 15 is 0 Å². The van der Waals surface area contributed by atoms with Gasteiger partial charge in [-0.3, -0.25) is 0 Å². The maximum absolute atomic E-state index is 12.2. The fourth-order valence-corrected chi connectivity index (χ4v) is 3.36. The second-order valence-electron chi connectivity index (χ2n) is 7.56. The minimum absolute atomic E-state index is 0.398. The lowest BCUT2D eigenvalue weighted by atomic mass is 9.83. The molecule has 1 aromatic rings. The van der Waals surface area contributed by atoms with Crippen molar-refractivity contribution in [1.29, 1.82) is 0 Å². The topological polar surface area (TPSA) is 71.1 Å². The van der Waals surface area contributed by atoms with Crippen LogP contribution in [0, 0.1) is 11.8 Å². The SMILES string of the molecule is C=CC(=O)OC(C)OCC1CCC(COC(C)OC(=O)c2ccc(C=C)cc2)CC1. The largest absolute Gasteiger partial charge is 0.433 e. The quantitative estimate of drug-likeness (QED) is 0.295. The first kappa shape index (κ1) is 23.8. The fourth-order valence-electron chi connectivity index (χ4n) is 3.36. The molecule has 0 spiro atoms. The predicted molar refractivity (Wildman–Crippen MR) is 115 cm³/mol. The highest BCUT2D eigenvalue weighted by molar-refractivity contribution is 5.89. The maximum atomic E-state index is 12.2. The van der Waals surface area contributed by atoms with Gasteiger partial charge in [0.1, 0.15) is 0 Å². The number of benzene rings is 1. The molecular weight excluding hydrogens is 384 g/mol. The monoisotopic (exact) mass is 416 g/mol. The Hall–Kier alpha value is -2.44. The summed E-state index contributed by atoms with van der Waals surface area (Å²) in [6.45, 7) is 11.6. The normalized spacial score (nSPS) is 20.6. The molecular formula is C24H32O6. The lowest BCUT2D eigenvalue weighted by Crippen LogP contribution is -2.27. The summed E-state index contributed by atoms with van der Waals surface area (Å²) in [6, 6.07) is 7.08. The zero-order valence-corrected chi connectivity index (χ0v) is 17.9. The molecule has 0 amide bonds. The maximum Gasteiger partial charge on any atom is 0.340 e. The lowest BCUT2D eigenvalue weighted by molar-refractivity contribution is -0.172. The molecule has 1 aromatic carbocycles. The molecule has 0 aliphatic heterocycles. The van der Waals surface area contributed by atoms with Crippen LogP contribution in [0.3, 0.4) is 0 Å². The van der Waals surface area contributed by atoms with E-state index in [2.05, 4.69) is 13.2 Å². The van der Waals surface area contributed by atoms with Crippen LogP contribution in [0.4, 0.5) is 0 Å². The molecule has 0 bridgehead atoms. The second kappa shape index (κ2) is 12.3. The summed E-state index contributed by atoms with van der Waals surface area (Å²) in [5.74, 6) is 0.00224. The molecule has 0 heterocycles. The van der Waals surface area contributed by atoms with Crippen molar-refractivity contribution in [3.8, 4) is 0 Å². The summed E-state index contributed by atoms with van der Waals surface area (Å²) < 4.78 is 21.7. The number of carbonyl (C=O) groups is 2. The zero-order chi connectivity index (χ0) is 21.9. The van der Waals surface area contributed by atoms with Gasteiger partial charge in [0.2, 0.25) is 0 Å². The Morgan fingerprint density at radius 3 is 1.90 bits per heavy atom. The van der Waals surface area contributed by atoms with Crippen molar-refractivity contribution in [2.75, 3.05) is 13.2 Å². The third-order valence-corrected chi connectivity index (χ3v) is 5.20. The molecule has 1 fully saturated rings. The Kier molecular flexibility index (Phi) is 9.77. The van der Waals surface area contributed by atoms with E-state index in [1.54, 1.807) is 32.1 Å². The number of ether oxygens (including phenoxy) is 4. The van der Waals surface area contributed by atoms with E-state index in [-0.39, 0.29) is 0 Å². The molecule has 2 rings (SSSR count). The highest BCUT2D eigenvalue weighted by Gasteiger charge is 2.23. The van der Waals surface area contributed by atoms with Crippen LogP contribution in [0.1, 0.15) is 55.5 Å². The van der Waals surface area contributed by atoms with Crippen LogP contribution < -0.4 is 0 Å². The third kappa shape index (κ3) is 8.13. The van der Waals surface area contributed by atoms with E-state index in [0.29, 0.717) is 30.6 Å². The molecule has 6 heteroatoms. The number of rotatable bonds is 11. The van der Waals surface area contributed by atoms with Crippen LogP contribution >= 0.6 is 0 Å². The Morgan fingerprint density at radius 2 is 1.43 bits per heavy atom.